The van der Waals surface area contributed by atoms with E-state index < -0.39 is 0 Å². The van der Waals surface area contributed by atoms with E-state index in [0.29, 0.717) is 66.6 Å². The molecule has 2 heterocycles. The number of aromatic nitrogens is 3. The molecular weight excluding hydrogens is 460 g/mol. The van der Waals surface area contributed by atoms with E-state index in [1.54, 1.807) is 14.2 Å². The normalized spacial score (nSPS) is 11.0. The Morgan fingerprint density at radius 3 is 2.29 bits per heavy atom. The molecule has 4 aromatic rings. The SMILES string of the molecule is COCCOc1cc2ncnc(NCc3cc(-c4ccc(Cl)cc4)no3)c2cc1OCCOC. The summed E-state index contributed by atoms with van der Waals surface area (Å²) in [5, 5.41) is 8.89. The van der Waals surface area contributed by atoms with Gasteiger partial charge in [-0.3, -0.25) is 0 Å². The number of anilines is 1. The van der Waals surface area contributed by atoms with Crippen LogP contribution in [0.2, 0.25) is 5.02 Å². The maximum Gasteiger partial charge on any atom is 0.163 e. The summed E-state index contributed by atoms with van der Waals surface area (Å²) in [6.45, 7) is 2.07. The highest BCUT2D eigenvalue weighted by atomic mass is 35.5. The van der Waals surface area contributed by atoms with Crippen molar-refractivity contribution in [2.75, 3.05) is 46.0 Å². The van der Waals surface area contributed by atoms with Gasteiger partial charge in [0.05, 0.1) is 25.3 Å². The summed E-state index contributed by atoms with van der Waals surface area (Å²) < 4.78 is 27.4. The fourth-order valence-corrected chi connectivity index (χ4v) is 3.35. The Kier molecular flexibility index (Phi) is 8.13. The van der Waals surface area contributed by atoms with Crippen LogP contribution in [0.1, 0.15) is 5.76 Å². The second-order valence-corrected chi connectivity index (χ2v) is 7.70. The molecule has 0 saturated carbocycles. The molecule has 9 nitrogen and oxygen atoms in total. The predicted octanol–water partition coefficient (Wildman–Crippen LogP) is 4.60. The minimum absolute atomic E-state index is 0.380. The molecule has 0 saturated heterocycles. The zero-order valence-electron chi connectivity index (χ0n) is 18.9. The monoisotopic (exact) mass is 484 g/mol. The van der Waals surface area contributed by atoms with Crippen molar-refractivity contribution in [3.05, 3.63) is 59.6 Å². The van der Waals surface area contributed by atoms with Crippen LogP contribution in [-0.2, 0) is 16.0 Å². The van der Waals surface area contributed by atoms with Gasteiger partial charge in [-0.15, -0.1) is 0 Å². The molecule has 178 valence electrons. The quantitative estimate of drug-likeness (QED) is 0.289. The number of hydrogen-bond donors (Lipinski definition) is 1. The summed E-state index contributed by atoms with van der Waals surface area (Å²) >= 11 is 5.96. The molecule has 0 aliphatic carbocycles. The van der Waals surface area contributed by atoms with Crippen molar-refractivity contribution in [2.45, 2.75) is 6.54 Å². The molecule has 10 heteroatoms. The molecule has 0 atom stereocenters. The van der Waals surface area contributed by atoms with Crippen molar-refractivity contribution in [2.24, 2.45) is 0 Å². The largest absolute Gasteiger partial charge is 0.487 e. The molecule has 0 radical (unpaired) electrons. The van der Waals surface area contributed by atoms with E-state index in [9.17, 15) is 0 Å². The molecule has 0 amide bonds. The van der Waals surface area contributed by atoms with Crippen molar-refractivity contribution in [3.8, 4) is 22.8 Å². The van der Waals surface area contributed by atoms with Crippen LogP contribution in [-0.4, -0.2) is 55.8 Å². The van der Waals surface area contributed by atoms with Gasteiger partial charge in [0, 0.05) is 42.3 Å². The lowest BCUT2D eigenvalue weighted by atomic mass is 10.1. The summed E-state index contributed by atoms with van der Waals surface area (Å²) in [6, 6.07) is 13.0. The Morgan fingerprint density at radius 2 is 1.59 bits per heavy atom. The summed E-state index contributed by atoms with van der Waals surface area (Å²) in [5.41, 5.74) is 2.36. The molecule has 0 unspecified atom stereocenters. The van der Waals surface area contributed by atoms with Crippen LogP contribution in [0.15, 0.2) is 53.3 Å². The average molecular weight is 485 g/mol. The molecule has 1 N–H and O–H groups in total. The van der Waals surface area contributed by atoms with E-state index in [0.717, 1.165) is 16.6 Å². The van der Waals surface area contributed by atoms with Crippen molar-refractivity contribution >= 4 is 28.3 Å². The fourth-order valence-electron chi connectivity index (χ4n) is 3.22. The topological polar surface area (TPSA) is 101 Å². The third-order valence-electron chi connectivity index (χ3n) is 4.92. The van der Waals surface area contributed by atoms with Crippen LogP contribution in [0.3, 0.4) is 0 Å². The number of rotatable bonds is 12. The number of nitrogens with one attached hydrogen (secondary N) is 1. The molecular formula is C24H25ClN4O5. The van der Waals surface area contributed by atoms with E-state index in [-0.39, 0.29) is 0 Å². The number of ether oxygens (including phenoxy) is 4. The van der Waals surface area contributed by atoms with Crippen LogP contribution >= 0.6 is 11.6 Å². The Bertz CT molecular complexity index is 1220. The molecule has 34 heavy (non-hydrogen) atoms. The van der Waals surface area contributed by atoms with Crippen LogP contribution < -0.4 is 14.8 Å². The third kappa shape index (κ3) is 5.93. The van der Waals surface area contributed by atoms with Gasteiger partial charge in [-0.25, -0.2) is 9.97 Å². The molecule has 2 aromatic carbocycles. The summed E-state index contributed by atoms with van der Waals surface area (Å²) in [7, 11) is 3.25. The van der Waals surface area contributed by atoms with Crippen LogP contribution in [0, 0.1) is 0 Å². The molecule has 4 rings (SSSR count). The Morgan fingerprint density at radius 1 is 0.882 bits per heavy atom. The maximum absolute atomic E-state index is 5.96. The van der Waals surface area contributed by atoms with E-state index in [4.69, 9.17) is 35.1 Å². The van der Waals surface area contributed by atoms with Crippen LogP contribution in [0.25, 0.3) is 22.2 Å². The van der Waals surface area contributed by atoms with Crippen LogP contribution in [0.4, 0.5) is 5.82 Å². The highest BCUT2D eigenvalue weighted by Crippen LogP contribution is 2.34. The van der Waals surface area contributed by atoms with Crippen LogP contribution in [0.5, 0.6) is 11.5 Å². The predicted molar refractivity (Wildman–Crippen MR) is 129 cm³/mol. The first kappa shape index (κ1) is 23.7. The van der Waals surface area contributed by atoms with Gasteiger partial charge in [-0.2, -0.15) is 0 Å². The Labute approximate surface area is 201 Å². The number of fused-ring (bicyclic) bond motifs is 1. The zero-order chi connectivity index (χ0) is 23.8. The number of benzene rings is 2. The van der Waals surface area contributed by atoms with Gasteiger partial charge in [-0.05, 0) is 18.2 Å². The number of halogens is 1. The van der Waals surface area contributed by atoms with Crippen molar-refractivity contribution in [3.63, 3.8) is 0 Å². The average Bonchev–Trinajstić information content (AvgIpc) is 3.32. The first-order chi connectivity index (χ1) is 16.7. The van der Waals surface area contributed by atoms with Crippen molar-refractivity contribution < 1.29 is 23.5 Å². The van der Waals surface area contributed by atoms with Gasteiger partial charge < -0.3 is 28.8 Å². The smallest absolute Gasteiger partial charge is 0.163 e. The lowest BCUT2D eigenvalue weighted by molar-refractivity contribution is 0.132. The fraction of sp³-hybridized carbons (Fsp3) is 0.292. The van der Waals surface area contributed by atoms with Crippen molar-refractivity contribution in [1.29, 1.82) is 0 Å². The molecule has 2 aromatic heterocycles. The Balaban J connectivity index is 1.53. The first-order valence-corrected chi connectivity index (χ1v) is 11.0. The molecule has 0 aliphatic heterocycles. The Hall–Kier alpha value is -3.40. The summed E-state index contributed by atoms with van der Waals surface area (Å²) in [5.74, 6) is 2.44. The molecule has 0 fully saturated rings. The van der Waals surface area contributed by atoms with Gasteiger partial charge in [0.1, 0.15) is 31.1 Å². The highest BCUT2D eigenvalue weighted by Gasteiger charge is 2.14. The van der Waals surface area contributed by atoms with Gasteiger partial charge in [0.25, 0.3) is 0 Å². The second-order valence-electron chi connectivity index (χ2n) is 7.26. The lowest BCUT2D eigenvalue weighted by Gasteiger charge is -2.15. The molecule has 0 aliphatic rings. The van der Waals surface area contributed by atoms with E-state index >= 15 is 0 Å². The van der Waals surface area contributed by atoms with Gasteiger partial charge in [-0.1, -0.05) is 28.9 Å². The maximum atomic E-state index is 5.96. The van der Waals surface area contributed by atoms with E-state index in [1.165, 1.54) is 6.33 Å². The lowest BCUT2D eigenvalue weighted by Crippen LogP contribution is -2.09. The zero-order valence-corrected chi connectivity index (χ0v) is 19.7. The van der Waals surface area contributed by atoms with Gasteiger partial charge in [0.15, 0.2) is 17.3 Å². The van der Waals surface area contributed by atoms with Gasteiger partial charge in [0.2, 0.25) is 0 Å². The number of hydrogen-bond acceptors (Lipinski definition) is 9. The minimum Gasteiger partial charge on any atom is -0.487 e. The third-order valence-corrected chi connectivity index (χ3v) is 5.17. The van der Waals surface area contributed by atoms with Crippen molar-refractivity contribution in [1.82, 2.24) is 15.1 Å². The van der Waals surface area contributed by atoms with Gasteiger partial charge >= 0.3 is 0 Å². The van der Waals surface area contributed by atoms with E-state index in [1.807, 2.05) is 42.5 Å². The summed E-state index contributed by atoms with van der Waals surface area (Å²) in [6.07, 6.45) is 1.49. The summed E-state index contributed by atoms with van der Waals surface area (Å²) in [4.78, 5) is 8.78. The highest BCUT2D eigenvalue weighted by molar-refractivity contribution is 6.30. The molecule has 0 spiro atoms. The number of nitrogens with zero attached hydrogens (tertiary/aromatic N) is 3. The second kappa shape index (κ2) is 11.6. The number of methoxy groups -OCH3 is 2. The van der Waals surface area contributed by atoms with E-state index in [2.05, 4.69) is 20.4 Å². The minimum atomic E-state index is 0.380. The first-order valence-electron chi connectivity index (χ1n) is 10.7. The molecule has 0 bridgehead atoms. The standard InChI is InChI=1S/C24H25ClN4O5/c1-30-7-9-32-22-12-19-21(13-23(22)33-10-8-31-2)27-15-28-24(19)26-14-18-11-20(29-34-18)16-3-5-17(25)6-4-16/h3-6,11-13,15H,7-10,14H2,1-2H3,(H,26,27,28).